The van der Waals surface area contributed by atoms with Gasteiger partial charge in [0, 0.05) is 29.8 Å². The van der Waals surface area contributed by atoms with Gasteiger partial charge < -0.3 is 4.90 Å². The van der Waals surface area contributed by atoms with Crippen LogP contribution in [0.5, 0.6) is 0 Å². The molecule has 7 heteroatoms. The van der Waals surface area contributed by atoms with Crippen molar-refractivity contribution in [3.05, 3.63) is 18.0 Å². The van der Waals surface area contributed by atoms with Crippen molar-refractivity contribution < 1.29 is 13.2 Å². The van der Waals surface area contributed by atoms with Crippen LogP contribution in [0, 0.1) is 0 Å². The molecule has 1 aromatic rings. The summed E-state index contributed by atoms with van der Waals surface area (Å²) in [4.78, 5) is 9.44. The van der Waals surface area contributed by atoms with Gasteiger partial charge in [-0.15, -0.1) is 0 Å². The summed E-state index contributed by atoms with van der Waals surface area (Å²) in [6, 6.07) is 1.03. The number of hydrogen-bond donors (Lipinski definition) is 0. The van der Waals surface area contributed by atoms with Gasteiger partial charge in [0.05, 0.1) is 0 Å². The van der Waals surface area contributed by atoms with Gasteiger partial charge in [-0.2, -0.15) is 24.9 Å². The molecule has 0 N–H and O–H groups in total. The molecule has 0 bridgehead atoms. The van der Waals surface area contributed by atoms with Crippen LogP contribution in [0.15, 0.2) is 12.3 Å². The Kier molecular flexibility index (Phi) is 3.70. The molecule has 2 heterocycles. The molecule has 0 aliphatic carbocycles. The summed E-state index contributed by atoms with van der Waals surface area (Å²) in [6.07, 6.45) is -3.25. The molecule has 1 aliphatic heterocycles. The molecule has 0 saturated carbocycles. The first-order valence-corrected chi connectivity index (χ1v) is 6.73. The molecule has 2 unspecified atom stereocenters. The maximum atomic E-state index is 12.6. The summed E-state index contributed by atoms with van der Waals surface area (Å²) in [5.41, 5.74) is -0.884. The summed E-state index contributed by atoms with van der Waals surface area (Å²) in [7, 11) is 0. The minimum Gasteiger partial charge on any atom is -0.336 e. The number of alkyl halides is 3. The zero-order chi connectivity index (χ0) is 13.3. The lowest BCUT2D eigenvalue weighted by atomic mass is 10.2. The van der Waals surface area contributed by atoms with Crippen molar-refractivity contribution in [1.82, 2.24) is 9.97 Å². The number of rotatable bonds is 1. The van der Waals surface area contributed by atoms with E-state index in [0.29, 0.717) is 11.8 Å². The highest BCUT2D eigenvalue weighted by molar-refractivity contribution is 8.00. The van der Waals surface area contributed by atoms with Crippen LogP contribution in [0.25, 0.3) is 0 Å². The number of hydrogen-bond acceptors (Lipinski definition) is 4. The quantitative estimate of drug-likeness (QED) is 0.789. The summed E-state index contributed by atoms with van der Waals surface area (Å²) in [5, 5.41) is 0.358. The smallest absolute Gasteiger partial charge is 0.336 e. The molecule has 18 heavy (non-hydrogen) atoms. The predicted octanol–water partition coefficient (Wildman–Crippen LogP) is 2.83. The van der Waals surface area contributed by atoms with Gasteiger partial charge in [-0.1, -0.05) is 6.92 Å². The average Bonchev–Trinajstić information content (AvgIpc) is 2.32. The summed E-state index contributed by atoms with van der Waals surface area (Å²) in [5.74, 6) is 1.05. The van der Waals surface area contributed by atoms with E-state index in [1.165, 1.54) is 6.20 Å². The van der Waals surface area contributed by atoms with Gasteiger partial charge in [-0.3, -0.25) is 0 Å². The zero-order valence-corrected chi connectivity index (χ0v) is 10.9. The lowest BCUT2D eigenvalue weighted by Gasteiger charge is -2.37. The van der Waals surface area contributed by atoms with E-state index in [4.69, 9.17) is 0 Å². The highest BCUT2D eigenvalue weighted by Crippen LogP contribution is 2.30. The first-order chi connectivity index (χ1) is 8.39. The largest absolute Gasteiger partial charge is 0.433 e. The van der Waals surface area contributed by atoms with Crippen LogP contribution in [-0.4, -0.2) is 33.6 Å². The Morgan fingerprint density at radius 1 is 1.39 bits per heavy atom. The van der Waals surface area contributed by atoms with Gasteiger partial charge >= 0.3 is 6.18 Å². The molecule has 0 radical (unpaired) electrons. The van der Waals surface area contributed by atoms with Crippen molar-refractivity contribution in [3.8, 4) is 0 Å². The average molecular weight is 277 g/mol. The Balaban J connectivity index is 2.28. The van der Waals surface area contributed by atoms with Crippen molar-refractivity contribution in [2.75, 3.05) is 17.2 Å². The highest BCUT2D eigenvalue weighted by Gasteiger charge is 2.34. The van der Waals surface area contributed by atoms with Gasteiger partial charge in [0.1, 0.15) is 5.69 Å². The highest BCUT2D eigenvalue weighted by atomic mass is 32.2. The zero-order valence-electron chi connectivity index (χ0n) is 10.1. The van der Waals surface area contributed by atoms with E-state index < -0.39 is 11.9 Å². The molecule has 1 saturated heterocycles. The monoisotopic (exact) mass is 277 g/mol. The molecule has 3 nitrogen and oxygen atoms in total. The van der Waals surface area contributed by atoms with Crippen molar-refractivity contribution in [1.29, 1.82) is 0 Å². The molecule has 0 amide bonds. The van der Waals surface area contributed by atoms with E-state index in [1.807, 2.05) is 23.6 Å². The van der Waals surface area contributed by atoms with E-state index in [2.05, 4.69) is 16.9 Å². The van der Waals surface area contributed by atoms with E-state index >= 15 is 0 Å². The SMILES string of the molecule is CC1SCCN(c2nccc(C(F)(F)F)n2)C1C. The number of anilines is 1. The predicted molar refractivity (Wildman–Crippen MR) is 65.8 cm³/mol. The Hall–Kier alpha value is -0.980. The van der Waals surface area contributed by atoms with E-state index in [0.717, 1.165) is 11.8 Å². The van der Waals surface area contributed by atoms with Crippen molar-refractivity contribution in [3.63, 3.8) is 0 Å². The lowest BCUT2D eigenvalue weighted by molar-refractivity contribution is -0.141. The fourth-order valence-corrected chi connectivity index (χ4v) is 2.96. The molecule has 2 atom stereocenters. The summed E-state index contributed by atoms with van der Waals surface area (Å²) >= 11 is 1.81. The Labute approximate surface area is 108 Å². The fourth-order valence-electron chi connectivity index (χ4n) is 1.86. The topological polar surface area (TPSA) is 29.0 Å². The van der Waals surface area contributed by atoms with Gasteiger partial charge in [-0.25, -0.2) is 9.97 Å². The van der Waals surface area contributed by atoms with Crippen molar-refractivity contribution >= 4 is 17.7 Å². The molecule has 1 fully saturated rings. The third kappa shape index (κ3) is 2.71. The minimum absolute atomic E-state index is 0.132. The van der Waals surface area contributed by atoms with Gasteiger partial charge in [0.15, 0.2) is 0 Å². The normalized spacial score (nSPS) is 25.3. The minimum atomic E-state index is -4.42. The molecular formula is C11H14F3N3S. The van der Waals surface area contributed by atoms with Crippen LogP contribution in [0.4, 0.5) is 19.1 Å². The molecule has 0 spiro atoms. The maximum absolute atomic E-state index is 12.6. The maximum Gasteiger partial charge on any atom is 0.433 e. The first-order valence-electron chi connectivity index (χ1n) is 5.68. The van der Waals surface area contributed by atoms with Crippen LogP contribution in [-0.2, 0) is 6.18 Å². The van der Waals surface area contributed by atoms with Crippen molar-refractivity contribution in [2.24, 2.45) is 0 Å². The second-order valence-corrected chi connectivity index (χ2v) is 5.73. The Morgan fingerprint density at radius 3 is 2.78 bits per heavy atom. The number of aromatic nitrogens is 2. The van der Waals surface area contributed by atoms with Crippen LogP contribution in [0.3, 0.4) is 0 Å². The Morgan fingerprint density at radius 2 is 2.11 bits per heavy atom. The van der Waals surface area contributed by atoms with Crippen LogP contribution in [0.1, 0.15) is 19.5 Å². The number of nitrogens with zero attached hydrogens (tertiary/aromatic N) is 3. The molecule has 100 valence electrons. The number of thioether (sulfide) groups is 1. The van der Waals surface area contributed by atoms with E-state index in [1.54, 1.807) is 0 Å². The van der Waals surface area contributed by atoms with Crippen LogP contribution in [0.2, 0.25) is 0 Å². The molecule has 0 aromatic carbocycles. The van der Waals surface area contributed by atoms with Crippen LogP contribution >= 0.6 is 11.8 Å². The van der Waals surface area contributed by atoms with E-state index in [-0.39, 0.29) is 12.0 Å². The molecular weight excluding hydrogens is 263 g/mol. The Bertz CT molecular complexity index is 424. The fraction of sp³-hybridized carbons (Fsp3) is 0.636. The lowest BCUT2D eigenvalue weighted by Crippen LogP contribution is -2.45. The van der Waals surface area contributed by atoms with Crippen LogP contribution < -0.4 is 4.90 Å². The van der Waals surface area contributed by atoms with E-state index in [9.17, 15) is 13.2 Å². The van der Waals surface area contributed by atoms with Gasteiger partial charge in [0.2, 0.25) is 5.95 Å². The number of halogens is 3. The molecule has 1 aromatic heterocycles. The molecule has 2 rings (SSSR count). The van der Waals surface area contributed by atoms with Crippen molar-refractivity contribution in [2.45, 2.75) is 31.3 Å². The first kappa shape index (κ1) is 13.5. The third-order valence-corrected chi connectivity index (χ3v) is 4.41. The second-order valence-electron chi connectivity index (χ2n) is 4.25. The van der Waals surface area contributed by atoms with Gasteiger partial charge in [0.25, 0.3) is 0 Å². The summed E-state index contributed by atoms with van der Waals surface area (Å²) < 4.78 is 37.8. The standard InChI is InChI=1S/C11H14F3N3S/c1-7-8(2)18-6-5-17(7)10-15-4-3-9(16-10)11(12,13)14/h3-4,7-8H,5-6H2,1-2H3. The second kappa shape index (κ2) is 4.95. The van der Waals surface area contributed by atoms with Gasteiger partial charge in [-0.05, 0) is 13.0 Å². The molecule has 1 aliphatic rings. The summed E-state index contributed by atoms with van der Waals surface area (Å²) in [6.45, 7) is 4.73. The third-order valence-electron chi connectivity index (χ3n) is 3.07.